The molecule has 1 N–H and O–H groups in total. The van der Waals surface area contributed by atoms with Gasteiger partial charge >= 0.3 is 0 Å². The van der Waals surface area contributed by atoms with E-state index in [0.29, 0.717) is 5.92 Å². The van der Waals surface area contributed by atoms with Gasteiger partial charge in [-0.15, -0.1) is 0 Å². The van der Waals surface area contributed by atoms with Crippen molar-refractivity contribution < 1.29 is 4.79 Å². The highest BCUT2D eigenvalue weighted by Gasteiger charge is 2.16. The number of carbonyl (C=O) groups excluding carboxylic acids is 1. The van der Waals surface area contributed by atoms with Gasteiger partial charge < -0.3 is 10.2 Å². The zero-order chi connectivity index (χ0) is 28.0. The lowest BCUT2D eigenvalue weighted by Gasteiger charge is -2.23. The van der Waals surface area contributed by atoms with Gasteiger partial charge in [0.15, 0.2) is 0 Å². The highest BCUT2D eigenvalue weighted by molar-refractivity contribution is 5.95. The molecule has 0 fully saturated rings. The zero-order valence-electron chi connectivity index (χ0n) is 24.0. The van der Waals surface area contributed by atoms with E-state index in [1.54, 1.807) is 11.8 Å². The average Bonchev–Trinajstić information content (AvgIpc) is 2.91. The maximum atomic E-state index is 12.1. The maximum absolute atomic E-state index is 12.1. The molecule has 0 aliphatic heterocycles. The van der Waals surface area contributed by atoms with Crippen LogP contribution in [0.15, 0.2) is 84.4 Å². The molecule has 0 aliphatic carbocycles. The Hall–Kier alpha value is -3.99. The van der Waals surface area contributed by atoms with Gasteiger partial charge in [-0.25, -0.2) is 0 Å². The van der Waals surface area contributed by atoms with E-state index < -0.39 is 0 Å². The largest absolute Gasteiger partial charge is 0.384 e. The van der Waals surface area contributed by atoms with Crippen LogP contribution in [-0.2, 0) is 4.79 Å². The van der Waals surface area contributed by atoms with Crippen molar-refractivity contribution in [2.24, 2.45) is 5.92 Å². The number of likely N-dealkylation sites (N-methyl/N-ethyl adjacent to an activating group) is 1. The standard InChI is InChI=1S/C33H40N4O/c1-10-33(37(9)25(8)38)23(6)29(21(3)4)17-22(5)28-14-12-13-26-18-32(36-20-30(26)28)27-15-16-31(35-19-27)24(7)34-11-2/h10,12-21,34H,7,11H2,1-6,8-9H3/b22-17+,29-23+,33-10+. The summed E-state index contributed by atoms with van der Waals surface area (Å²) in [6, 6.07) is 12.5. The zero-order valence-corrected chi connectivity index (χ0v) is 24.0. The minimum absolute atomic E-state index is 0.0181. The normalized spacial score (nSPS) is 13.0. The second-order valence-corrected chi connectivity index (χ2v) is 9.85. The van der Waals surface area contributed by atoms with Crippen LogP contribution in [0, 0.1) is 5.92 Å². The van der Waals surface area contributed by atoms with E-state index in [1.807, 2.05) is 51.5 Å². The minimum Gasteiger partial charge on any atom is -0.384 e. The summed E-state index contributed by atoms with van der Waals surface area (Å²) in [5.74, 6) is 0.309. The monoisotopic (exact) mass is 508 g/mol. The van der Waals surface area contributed by atoms with Gasteiger partial charge in [0, 0.05) is 49.6 Å². The van der Waals surface area contributed by atoms with Gasteiger partial charge in [0.2, 0.25) is 5.91 Å². The first-order chi connectivity index (χ1) is 18.1. The van der Waals surface area contributed by atoms with Crippen LogP contribution in [0.4, 0.5) is 0 Å². The van der Waals surface area contributed by atoms with Gasteiger partial charge in [0.1, 0.15) is 0 Å². The summed E-state index contributed by atoms with van der Waals surface area (Å²) in [5.41, 5.74) is 9.04. The van der Waals surface area contributed by atoms with Gasteiger partial charge in [-0.3, -0.25) is 14.8 Å². The third-order valence-corrected chi connectivity index (χ3v) is 6.87. The van der Waals surface area contributed by atoms with Gasteiger partial charge in [0.05, 0.1) is 17.1 Å². The lowest BCUT2D eigenvalue weighted by molar-refractivity contribution is -0.125. The molecule has 0 unspecified atom stereocenters. The summed E-state index contributed by atoms with van der Waals surface area (Å²) < 4.78 is 0. The summed E-state index contributed by atoms with van der Waals surface area (Å²) in [4.78, 5) is 23.1. The molecular formula is C33H40N4O. The van der Waals surface area contributed by atoms with Crippen molar-refractivity contribution >= 4 is 27.9 Å². The molecule has 0 saturated heterocycles. The van der Waals surface area contributed by atoms with Crippen molar-refractivity contribution in [3.8, 4) is 11.3 Å². The van der Waals surface area contributed by atoms with Crippen molar-refractivity contribution in [3.63, 3.8) is 0 Å². The lowest BCUT2D eigenvalue weighted by atomic mass is 9.91. The van der Waals surface area contributed by atoms with Crippen LogP contribution >= 0.6 is 0 Å². The number of allylic oxidation sites excluding steroid dienone is 5. The van der Waals surface area contributed by atoms with E-state index in [2.05, 4.69) is 74.9 Å². The maximum Gasteiger partial charge on any atom is 0.223 e. The Morgan fingerprint density at radius 3 is 2.42 bits per heavy atom. The first-order valence-corrected chi connectivity index (χ1v) is 13.2. The molecule has 5 nitrogen and oxygen atoms in total. The van der Waals surface area contributed by atoms with Crippen LogP contribution in [0.5, 0.6) is 0 Å². The molecular weight excluding hydrogens is 468 g/mol. The third kappa shape index (κ3) is 6.28. The Morgan fingerprint density at radius 1 is 1.11 bits per heavy atom. The lowest BCUT2D eigenvalue weighted by Crippen LogP contribution is -2.24. The number of hydrogen-bond acceptors (Lipinski definition) is 4. The average molecular weight is 509 g/mol. The number of hydrogen-bond donors (Lipinski definition) is 1. The fourth-order valence-electron chi connectivity index (χ4n) is 4.70. The first-order valence-electron chi connectivity index (χ1n) is 13.2. The second-order valence-electron chi connectivity index (χ2n) is 9.85. The number of aromatic nitrogens is 2. The summed E-state index contributed by atoms with van der Waals surface area (Å²) in [6.45, 7) is 19.1. The molecule has 5 heteroatoms. The Labute approximate surface area is 227 Å². The van der Waals surface area contributed by atoms with E-state index in [4.69, 9.17) is 4.98 Å². The molecule has 0 atom stereocenters. The molecule has 0 aliphatic rings. The molecule has 38 heavy (non-hydrogen) atoms. The van der Waals surface area contributed by atoms with Crippen LogP contribution in [0.25, 0.3) is 33.3 Å². The second kappa shape index (κ2) is 12.5. The molecule has 3 rings (SSSR count). The van der Waals surface area contributed by atoms with Gasteiger partial charge in [-0.2, -0.15) is 0 Å². The number of carbonyl (C=O) groups is 1. The number of nitrogens with one attached hydrogen (secondary N) is 1. The quantitative estimate of drug-likeness (QED) is 0.302. The Bertz CT molecular complexity index is 1430. The Morgan fingerprint density at radius 2 is 1.84 bits per heavy atom. The SMILES string of the molecule is C=C(NCC)c1ccc(-c2cc3cccc(/C(C)=C/C(=C(C)\C(=C/C)N(C)C(C)=O)C(C)C)c3cn2)cn1. The summed E-state index contributed by atoms with van der Waals surface area (Å²) in [6.07, 6.45) is 8.05. The van der Waals surface area contributed by atoms with Crippen LogP contribution < -0.4 is 5.32 Å². The smallest absolute Gasteiger partial charge is 0.223 e. The topological polar surface area (TPSA) is 58.1 Å². The predicted molar refractivity (Wildman–Crippen MR) is 161 cm³/mol. The van der Waals surface area contributed by atoms with E-state index >= 15 is 0 Å². The van der Waals surface area contributed by atoms with E-state index in [9.17, 15) is 4.79 Å². The highest BCUT2D eigenvalue weighted by Crippen LogP contribution is 2.31. The predicted octanol–water partition coefficient (Wildman–Crippen LogP) is 7.63. The summed E-state index contributed by atoms with van der Waals surface area (Å²) >= 11 is 0. The van der Waals surface area contributed by atoms with Crippen molar-refractivity contribution in [3.05, 3.63) is 95.6 Å². The molecule has 0 saturated carbocycles. The summed E-state index contributed by atoms with van der Waals surface area (Å²) in [5, 5.41) is 5.43. The number of pyridine rings is 2. The van der Waals surface area contributed by atoms with Crippen LogP contribution in [0.1, 0.15) is 59.7 Å². The van der Waals surface area contributed by atoms with E-state index in [0.717, 1.165) is 62.4 Å². The molecule has 1 amide bonds. The van der Waals surface area contributed by atoms with Crippen LogP contribution in [-0.4, -0.2) is 34.4 Å². The third-order valence-electron chi connectivity index (χ3n) is 6.87. The number of rotatable bonds is 9. The van der Waals surface area contributed by atoms with Crippen molar-refractivity contribution in [1.82, 2.24) is 20.2 Å². The molecule has 0 bridgehead atoms. The molecule has 0 radical (unpaired) electrons. The van der Waals surface area contributed by atoms with E-state index in [-0.39, 0.29) is 5.91 Å². The molecule has 1 aromatic carbocycles. The van der Waals surface area contributed by atoms with Crippen molar-refractivity contribution in [1.29, 1.82) is 0 Å². The van der Waals surface area contributed by atoms with Crippen LogP contribution in [0.3, 0.4) is 0 Å². The molecule has 3 aromatic rings. The fourth-order valence-corrected chi connectivity index (χ4v) is 4.70. The minimum atomic E-state index is 0.0181. The van der Waals surface area contributed by atoms with Gasteiger partial charge in [-0.05, 0) is 79.5 Å². The number of nitrogens with zero attached hydrogens (tertiary/aromatic N) is 3. The number of fused-ring (bicyclic) bond motifs is 1. The Kier molecular flexibility index (Phi) is 9.40. The van der Waals surface area contributed by atoms with Gasteiger partial charge in [-0.1, -0.05) is 50.8 Å². The molecule has 2 heterocycles. The molecule has 0 spiro atoms. The van der Waals surface area contributed by atoms with Crippen molar-refractivity contribution in [2.75, 3.05) is 13.6 Å². The Balaban J connectivity index is 2.03. The van der Waals surface area contributed by atoms with Crippen molar-refractivity contribution in [2.45, 2.75) is 48.5 Å². The molecule has 198 valence electrons. The first kappa shape index (κ1) is 28.6. The van der Waals surface area contributed by atoms with Gasteiger partial charge in [0.25, 0.3) is 0 Å². The fraction of sp³-hybridized carbons (Fsp3) is 0.303. The summed E-state index contributed by atoms with van der Waals surface area (Å²) in [7, 11) is 1.82. The highest BCUT2D eigenvalue weighted by atomic mass is 16.2. The van der Waals surface area contributed by atoms with Crippen LogP contribution in [0.2, 0.25) is 0 Å². The number of benzene rings is 1. The number of amides is 1. The van der Waals surface area contributed by atoms with E-state index in [1.165, 1.54) is 5.57 Å². The molecule has 2 aromatic heterocycles.